The standard InChI is InChI=1S/C17H21NO2S2/c1-13-5-7-16(8-6-13)22-14(2)17(19)18-9-11-21-12-15-4-3-10-20-15/h3-8,10,14H,9,11-12H2,1-2H3,(H,18,19)/t14-/m0/s1. The van der Waals surface area contributed by atoms with Crippen LogP contribution in [-0.4, -0.2) is 23.5 Å². The molecule has 1 heterocycles. The molecule has 0 aliphatic rings. The van der Waals surface area contributed by atoms with Gasteiger partial charge in [-0.1, -0.05) is 17.7 Å². The van der Waals surface area contributed by atoms with Gasteiger partial charge in [0.2, 0.25) is 5.91 Å². The first-order valence-corrected chi connectivity index (χ1v) is 9.30. The molecule has 0 aliphatic heterocycles. The molecule has 0 fully saturated rings. The van der Waals surface area contributed by atoms with Gasteiger partial charge in [-0.05, 0) is 38.1 Å². The second kappa shape index (κ2) is 8.96. The Labute approximate surface area is 140 Å². The second-order valence-corrected chi connectivity index (χ2v) is 7.52. The Balaban J connectivity index is 1.62. The van der Waals surface area contributed by atoms with Gasteiger partial charge < -0.3 is 9.73 Å². The fraction of sp³-hybridized carbons (Fsp3) is 0.353. The normalized spacial score (nSPS) is 12.1. The molecule has 1 aromatic heterocycles. The summed E-state index contributed by atoms with van der Waals surface area (Å²) >= 11 is 3.34. The molecule has 3 nitrogen and oxygen atoms in total. The van der Waals surface area contributed by atoms with E-state index in [2.05, 4.69) is 36.5 Å². The Hall–Kier alpha value is -1.33. The van der Waals surface area contributed by atoms with E-state index in [1.165, 1.54) is 5.56 Å². The average molecular weight is 335 g/mol. The lowest BCUT2D eigenvalue weighted by atomic mass is 10.2. The molecule has 118 valence electrons. The first kappa shape index (κ1) is 17.0. The number of benzene rings is 1. The van der Waals surface area contributed by atoms with Gasteiger partial charge in [0.05, 0.1) is 17.3 Å². The first-order valence-electron chi connectivity index (χ1n) is 7.26. The van der Waals surface area contributed by atoms with E-state index in [0.717, 1.165) is 22.2 Å². The van der Waals surface area contributed by atoms with Gasteiger partial charge in [-0.2, -0.15) is 11.8 Å². The highest BCUT2D eigenvalue weighted by Crippen LogP contribution is 2.23. The zero-order chi connectivity index (χ0) is 15.8. The molecule has 2 rings (SSSR count). The van der Waals surface area contributed by atoms with Crippen LogP contribution in [-0.2, 0) is 10.5 Å². The number of nitrogens with one attached hydrogen (secondary N) is 1. The summed E-state index contributed by atoms with van der Waals surface area (Å²) in [6.45, 7) is 4.68. The van der Waals surface area contributed by atoms with Gasteiger partial charge in [0.1, 0.15) is 5.76 Å². The van der Waals surface area contributed by atoms with Crippen molar-refractivity contribution in [2.24, 2.45) is 0 Å². The van der Waals surface area contributed by atoms with E-state index in [4.69, 9.17) is 4.42 Å². The van der Waals surface area contributed by atoms with Crippen molar-refractivity contribution < 1.29 is 9.21 Å². The Morgan fingerprint density at radius 3 is 2.73 bits per heavy atom. The minimum atomic E-state index is -0.0854. The molecule has 0 bridgehead atoms. The number of hydrogen-bond donors (Lipinski definition) is 1. The molecule has 0 spiro atoms. The predicted octanol–water partition coefficient (Wildman–Crippen LogP) is 4.12. The summed E-state index contributed by atoms with van der Waals surface area (Å²) in [5, 5.41) is 2.90. The third-order valence-corrected chi connectivity index (χ3v) is 5.17. The van der Waals surface area contributed by atoms with Gasteiger partial charge in [0.15, 0.2) is 0 Å². The van der Waals surface area contributed by atoms with E-state index in [1.807, 2.05) is 19.1 Å². The van der Waals surface area contributed by atoms with Crippen LogP contribution in [0, 0.1) is 6.92 Å². The fourth-order valence-electron chi connectivity index (χ4n) is 1.83. The molecular formula is C17H21NO2S2. The van der Waals surface area contributed by atoms with Gasteiger partial charge in [-0.15, -0.1) is 11.8 Å². The van der Waals surface area contributed by atoms with E-state index in [0.29, 0.717) is 6.54 Å². The van der Waals surface area contributed by atoms with Gasteiger partial charge >= 0.3 is 0 Å². The molecule has 0 saturated carbocycles. The first-order chi connectivity index (χ1) is 10.6. The molecular weight excluding hydrogens is 314 g/mol. The van der Waals surface area contributed by atoms with Crippen molar-refractivity contribution in [1.82, 2.24) is 5.32 Å². The monoisotopic (exact) mass is 335 g/mol. The number of amides is 1. The molecule has 0 saturated heterocycles. The van der Waals surface area contributed by atoms with E-state index in [9.17, 15) is 4.79 Å². The van der Waals surface area contributed by atoms with Crippen LogP contribution in [0.2, 0.25) is 0 Å². The number of carbonyl (C=O) groups is 1. The van der Waals surface area contributed by atoms with Crippen LogP contribution in [0.15, 0.2) is 52.0 Å². The van der Waals surface area contributed by atoms with Crippen LogP contribution in [0.4, 0.5) is 0 Å². The SMILES string of the molecule is Cc1ccc(S[C@@H](C)C(=O)NCCSCc2ccco2)cc1. The highest BCUT2D eigenvalue weighted by molar-refractivity contribution is 8.00. The molecule has 0 aliphatic carbocycles. The second-order valence-electron chi connectivity index (χ2n) is 5.00. The number of carbonyl (C=O) groups excluding carboxylic acids is 1. The Morgan fingerprint density at radius 2 is 2.05 bits per heavy atom. The van der Waals surface area contributed by atoms with Gasteiger partial charge in [0, 0.05) is 17.2 Å². The maximum absolute atomic E-state index is 12.0. The Bertz CT molecular complexity index is 567. The Morgan fingerprint density at radius 1 is 1.27 bits per heavy atom. The van der Waals surface area contributed by atoms with Crippen LogP contribution in [0.1, 0.15) is 18.2 Å². The zero-order valence-corrected chi connectivity index (χ0v) is 14.5. The quantitative estimate of drug-likeness (QED) is 0.582. The molecule has 1 N–H and O–H groups in total. The number of hydrogen-bond acceptors (Lipinski definition) is 4. The largest absolute Gasteiger partial charge is 0.468 e. The van der Waals surface area contributed by atoms with E-state index >= 15 is 0 Å². The topological polar surface area (TPSA) is 42.2 Å². The molecule has 2 aromatic rings. The summed E-state index contributed by atoms with van der Waals surface area (Å²) in [7, 11) is 0. The lowest BCUT2D eigenvalue weighted by molar-refractivity contribution is -0.120. The number of thioether (sulfide) groups is 2. The van der Waals surface area contributed by atoms with Gasteiger partial charge in [0.25, 0.3) is 0 Å². The molecule has 0 radical (unpaired) electrons. The summed E-state index contributed by atoms with van der Waals surface area (Å²) in [6.07, 6.45) is 1.68. The minimum absolute atomic E-state index is 0.0854. The van der Waals surface area contributed by atoms with E-state index in [-0.39, 0.29) is 11.2 Å². The van der Waals surface area contributed by atoms with Crippen molar-refractivity contribution in [2.75, 3.05) is 12.3 Å². The maximum Gasteiger partial charge on any atom is 0.233 e. The van der Waals surface area contributed by atoms with Crippen molar-refractivity contribution >= 4 is 29.4 Å². The third-order valence-electron chi connectivity index (χ3n) is 3.07. The van der Waals surface area contributed by atoms with Crippen LogP contribution in [0.3, 0.4) is 0 Å². The predicted molar refractivity (Wildman–Crippen MR) is 94.4 cm³/mol. The Kier molecular flexibility index (Phi) is 6.93. The number of aryl methyl sites for hydroxylation is 1. The molecule has 0 unspecified atom stereocenters. The van der Waals surface area contributed by atoms with Crippen molar-refractivity contribution in [3.63, 3.8) is 0 Å². The molecule has 22 heavy (non-hydrogen) atoms. The number of furan rings is 1. The van der Waals surface area contributed by atoms with Crippen molar-refractivity contribution in [3.05, 3.63) is 54.0 Å². The van der Waals surface area contributed by atoms with Crippen LogP contribution in [0.25, 0.3) is 0 Å². The van der Waals surface area contributed by atoms with E-state index in [1.54, 1.807) is 29.8 Å². The van der Waals surface area contributed by atoms with Crippen LogP contribution < -0.4 is 5.32 Å². The van der Waals surface area contributed by atoms with Gasteiger partial charge in [-0.25, -0.2) is 0 Å². The summed E-state index contributed by atoms with van der Waals surface area (Å²) in [5.41, 5.74) is 1.23. The number of rotatable bonds is 8. The highest BCUT2D eigenvalue weighted by Gasteiger charge is 2.13. The smallest absolute Gasteiger partial charge is 0.233 e. The van der Waals surface area contributed by atoms with E-state index < -0.39 is 0 Å². The van der Waals surface area contributed by atoms with Crippen molar-refractivity contribution in [1.29, 1.82) is 0 Å². The molecule has 1 atom stereocenters. The molecule has 5 heteroatoms. The minimum Gasteiger partial charge on any atom is -0.468 e. The summed E-state index contributed by atoms with van der Waals surface area (Å²) < 4.78 is 5.26. The fourth-order valence-corrected chi connectivity index (χ4v) is 3.48. The zero-order valence-electron chi connectivity index (χ0n) is 12.9. The summed E-state index contributed by atoms with van der Waals surface area (Å²) in [6, 6.07) is 12.1. The third kappa shape index (κ3) is 5.81. The molecule has 1 amide bonds. The van der Waals surface area contributed by atoms with Crippen molar-refractivity contribution in [2.45, 2.75) is 29.7 Å². The maximum atomic E-state index is 12.0. The average Bonchev–Trinajstić information content (AvgIpc) is 3.02. The molecule has 1 aromatic carbocycles. The van der Waals surface area contributed by atoms with Crippen LogP contribution >= 0.6 is 23.5 Å². The summed E-state index contributed by atoms with van der Waals surface area (Å²) in [4.78, 5) is 13.2. The van der Waals surface area contributed by atoms with Crippen LogP contribution in [0.5, 0.6) is 0 Å². The van der Waals surface area contributed by atoms with Crippen molar-refractivity contribution in [3.8, 4) is 0 Å². The lowest BCUT2D eigenvalue weighted by Crippen LogP contribution is -2.32. The lowest BCUT2D eigenvalue weighted by Gasteiger charge is -2.12. The van der Waals surface area contributed by atoms with Gasteiger partial charge in [-0.3, -0.25) is 4.79 Å². The summed E-state index contributed by atoms with van der Waals surface area (Å²) in [5.74, 6) is 2.79. The highest BCUT2D eigenvalue weighted by atomic mass is 32.2.